The number of rotatable bonds is 4. The summed E-state index contributed by atoms with van der Waals surface area (Å²) in [4.78, 5) is 25.3. The van der Waals surface area contributed by atoms with Crippen LogP contribution < -0.4 is 15.4 Å². The molecule has 136 valence electrons. The Bertz CT molecular complexity index is 952. The Morgan fingerprint density at radius 3 is 2.56 bits per heavy atom. The van der Waals surface area contributed by atoms with Crippen LogP contribution in [0.3, 0.4) is 0 Å². The van der Waals surface area contributed by atoms with Crippen LogP contribution in [0.1, 0.15) is 38.1 Å². The van der Waals surface area contributed by atoms with Crippen LogP contribution in [0.15, 0.2) is 66.0 Å². The standard InChI is InChI=1S/C21H18N2O3S/c24-20(23-17-11-12-26-18-5-2-1-4-16(17)18)14-7-9-15(10-8-14)22-21(25)19-6-3-13-27-19/h1-10,13,17H,11-12H2,(H,22,25)(H,23,24)/t17-/m0/s1. The Labute approximate surface area is 161 Å². The number of ether oxygens (including phenoxy) is 1. The van der Waals surface area contributed by atoms with Crippen LogP contribution in [0, 0.1) is 0 Å². The maximum Gasteiger partial charge on any atom is 0.265 e. The fourth-order valence-electron chi connectivity index (χ4n) is 3.04. The lowest BCUT2D eigenvalue weighted by molar-refractivity contribution is 0.0924. The fourth-order valence-corrected chi connectivity index (χ4v) is 3.66. The van der Waals surface area contributed by atoms with Gasteiger partial charge in [-0.25, -0.2) is 0 Å². The van der Waals surface area contributed by atoms with Gasteiger partial charge < -0.3 is 15.4 Å². The van der Waals surface area contributed by atoms with E-state index < -0.39 is 0 Å². The molecule has 27 heavy (non-hydrogen) atoms. The minimum absolute atomic E-state index is 0.0688. The summed E-state index contributed by atoms with van der Waals surface area (Å²) >= 11 is 1.39. The molecular formula is C21H18N2O3S. The van der Waals surface area contributed by atoms with Crippen LogP contribution in [0.4, 0.5) is 5.69 Å². The van der Waals surface area contributed by atoms with E-state index in [1.165, 1.54) is 11.3 Å². The van der Waals surface area contributed by atoms with Crippen LogP contribution in [-0.2, 0) is 0 Å². The molecule has 1 aliphatic rings. The van der Waals surface area contributed by atoms with Crippen LogP contribution in [0.5, 0.6) is 5.75 Å². The molecule has 0 saturated carbocycles. The van der Waals surface area contributed by atoms with Gasteiger partial charge in [-0.1, -0.05) is 24.3 Å². The smallest absolute Gasteiger partial charge is 0.265 e. The molecular weight excluding hydrogens is 360 g/mol. The molecule has 0 saturated heterocycles. The molecule has 1 aliphatic heterocycles. The highest BCUT2D eigenvalue weighted by Gasteiger charge is 2.23. The first-order valence-electron chi connectivity index (χ1n) is 8.68. The van der Waals surface area contributed by atoms with E-state index in [1.54, 1.807) is 30.3 Å². The van der Waals surface area contributed by atoms with Crippen molar-refractivity contribution in [2.45, 2.75) is 12.5 Å². The van der Waals surface area contributed by atoms with Gasteiger partial charge in [0, 0.05) is 23.2 Å². The van der Waals surface area contributed by atoms with E-state index in [4.69, 9.17) is 4.74 Å². The minimum atomic E-state index is -0.152. The maximum atomic E-state index is 12.6. The van der Waals surface area contributed by atoms with E-state index in [0.717, 1.165) is 17.7 Å². The summed E-state index contributed by atoms with van der Waals surface area (Å²) in [5, 5.41) is 7.76. The van der Waals surface area contributed by atoms with Crippen molar-refractivity contribution in [3.63, 3.8) is 0 Å². The van der Waals surface area contributed by atoms with E-state index in [-0.39, 0.29) is 17.9 Å². The fraction of sp³-hybridized carbons (Fsp3) is 0.143. The van der Waals surface area contributed by atoms with Crippen molar-refractivity contribution in [1.82, 2.24) is 5.32 Å². The minimum Gasteiger partial charge on any atom is -0.493 e. The van der Waals surface area contributed by atoms with Gasteiger partial charge in [-0.15, -0.1) is 11.3 Å². The number of thiophene rings is 1. The number of carbonyl (C=O) groups is 2. The summed E-state index contributed by atoms with van der Waals surface area (Å²) < 4.78 is 5.63. The molecule has 0 unspecified atom stereocenters. The average Bonchev–Trinajstić information content (AvgIpc) is 3.24. The molecule has 3 aromatic rings. The molecule has 4 rings (SSSR count). The molecule has 2 aromatic carbocycles. The summed E-state index contributed by atoms with van der Waals surface area (Å²) in [5.74, 6) is 0.523. The third-order valence-corrected chi connectivity index (χ3v) is 5.28. The van der Waals surface area contributed by atoms with E-state index in [9.17, 15) is 9.59 Å². The zero-order chi connectivity index (χ0) is 18.6. The average molecular weight is 378 g/mol. The quantitative estimate of drug-likeness (QED) is 0.713. The molecule has 2 heterocycles. The lowest BCUT2D eigenvalue weighted by Crippen LogP contribution is -2.32. The van der Waals surface area contributed by atoms with E-state index in [2.05, 4.69) is 10.6 Å². The van der Waals surface area contributed by atoms with Crippen LogP contribution in [0.2, 0.25) is 0 Å². The number of anilines is 1. The second-order valence-electron chi connectivity index (χ2n) is 6.21. The Morgan fingerprint density at radius 2 is 1.78 bits per heavy atom. The van der Waals surface area contributed by atoms with Gasteiger partial charge in [0.1, 0.15) is 5.75 Å². The molecule has 0 aliphatic carbocycles. The normalized spacial score (nSPS) is 15.3. The van der Waals surface area contributed by atoms with Crippen molar-refractivity contribution in [2.24, 2.45) is 0 Å². The zero-order valence-electron chi connectivity index (χ0n) is 14.5. The van der Waals surface area contributed by atoms with Crippen molar-refractivity contribution in [3.8, 4) is 5.75 Å². The predicted octanol–water partition coefficient (Wildman–Crippen LogP) is 4.25. The Hall–Kier alpha value is -3.12. The number of nitrogens with one attached hydrogen (secondary N) is 2. The number of carbonyl (C=O) groups excluding carboxylic acids is 2. The molecule has 5 nitrogen and oxygen atoms in total. The number of amides is 2. The molecule has 0 spiro atoms. The van der Waals surface area contributed by atoms with Gasteiger partial charge in [-0.3, -0.25) is 9.59 Å². The summed E-state index contributed by atoms with van der Waals surface area (Å²) in [7, 11) is 0. The van der Waals surface area contributed by atoms with Gasteiger partial charge in [0.25, 0.3) is 11.8 Å². The molecule has 6 heteroatoms. The Kier molecular flexibility index (Phi) is 4.89. The number of para-hydroxylation sites is 1. The number of hydrogen-bond donors (Lipinski definition) is 2. The van der Waals surface area contributed by atoms with E-state index in [1.807, 2.05) is 35.7 Å². The van der Waals surface area contributed by atoms with Crippen LogP contribution in [0.25, 0.3) is 0 Å². The third-order valence-electron chi connectivity index (χ3n) is 4.41. The summed E-state index contributed by atoms with van der Waals surface area (Å²) in [6.45, 7) is 0.579. The predicted molar refractivity (Wildman–Crippen MR) is 105 cm³/mol. The molecule has 0 radical (unpaired) electrons. The third kappa shape index (κ3) is 3.85. The van der Waals surface area contributed by atoms with Gasteiger partial charge in [0.15, 0.2) is 0 Å². The molecule has 2 amide bonds. The largest absolute Gasteiger partial charge is 0.493 e. The first-order valence-corrected chi connectivity index (χ1v) is 9.56. The molecule has 0 fully saturated rings. The lowest BCUT2D eigenvalue weighted by atomic mass is 10.00. The second-order valence-corrected chi connectivity index (χ2v) is 7.16. The van der Waals surface area contributed by atoms with Crippen LogP contribution in [-0.4, -0.2) is 18.4 Å². The highest BCUT2D eigenvalue weighted by Crippen LogP contribution is 2.31. The number of hydrogen-bond acceptors (Lipinski definition) is 4. The van der Waals surface area contributed by atoms with Crippen molar-refractivity contribution >= 4 is 28.8 Å². The topological polar surface area (TPSA) is 67.4 Å². The van der Waals surface area contributed by atoms with E-state index >= 15 is 0 Å². The summed E-state index contributed by atoms with van der Waals surface area (Å²) in [6, 6.07) is 18.2. The van der Waals surface area contributed by atoms with Crippen molar-refractivity contribution in [2.75, 3.05) is 11.9 Å². The summed E-state index contributed by atoms with van der Waals surface area (Å²) in [5.41, 5.74) is 2.20. The number of benzene rings is 2. The van der Waals surface area contributed by atoms with Crippen molar-refractivity contribution in [3.05, 3.63) is 82.0 Å². The second kappa shape index (κ2) is 7.63. The lowest BCUT2D eigenvalue weighted by Gasteiger charge is -2.26. The first kappa shape index (κ1) is 17.3. The first-order chi connectivity index (χ1) is 13.2. The molecule has 0 bridgehead atoms. The molecule has 2 N–H and O–H groups in total. The highest BCUT2D eigenvalue weighted by molar-refractivity contribution is 7.12. The number of fused-ring (bicyclic) bond motifs is 1. The van der Waals surface area contributed by atoms with Gasteiger partial charge in [-0.05, 0) is 41.8 Å². The van der Waals surface area contributed by atoms with Gasteiger partial charge in [0.2, 0.25) is 0 Å². The SMILES string of the molecule is O=C(N[C@H]1CCOc2ccccc21)c1ccc(NC(=O)c2cccs2)cc1. The van der Waals surface area contributed by atoms with Gasteiger partial charge in [0.05, 0.1) is 17.5 Å². The van der Waals surface area contributed by atoms with Crippen molar-refractivity contribution in [1.29, 1.82) is 0 Å². The Morgan fingerprint density at radius 1 is 0.963 bits per heavy atom. The molecule has 1 aromatic heterocycles. The van der Waals surface area contributed by atoms with Gasteiger partial charge in [-0.2, -0.15) is 0 Å². The zero-order valence-corrected chi connectivity index (χ0v) is 15.3. The van der Waals surface area contributed by atoms with E-state index in [0.29, 0.717) is 22.7 Å². The van der Waals surface area contributed by atoms with Crippen LogP contribution >= 0.6 is 11.3 Å². The maximum absolute atomic E-state index is 12.6. The Balaban J connectivity index is 1.42. The molecule has 1 atom stereocenters. The van der Waals surface area contributed by atoms with Crippen molar-refractivity contribution < 1.29 is 14.3 Å². The summed E-state index contributed by atoms with van der Waals surface area (Å²) in [6.07, 6.45) is 0.734. The van der Waals surface area contributed by atoms with Gasteiger partial charge >= 0.3 is 0 Å². The monoisotopic (exact) mass is 378 g/mol. The highest BCUT2D eigenvalue weighted by atomic mass is 32.1.